The Morgan fingerprint density at radius 2 is 2.21 bits per heavy atom. The van der Waals surface area contributed by atoms with Gasteiger partial charge in [0, 0.05) is 6.54 Å². The quantitative estimate of drug-likeness (QED) is 0.612. The molecule has 0 bridgehead atoms. The van der Waals surface area contributed by atoms with Gasteiger partial charge < -0.3 is 10.4 Å². The summed E-state index contributed by atoms with van der Waals surface area (Å²) in [5.41, 5.74) is -0.0107. The van der Waals surface area contributed by atoms with Crippen LogP contribution in [0.2, 0.25) is 0 Å². The fraction of sp³-hybridized carbons (Fsp3) is 0.417. The number of anilines is 1. The first-order valence-electron chi connectivity index (χ1n) is 5.78. The maximum Gasteiger partial charge on any atom is 0.308 e. The van der Waals surface area contributed by atoms with E-state index in [0.29, 0.717) is 6.42 Å². The lowest BCUT2D eigenvalue weighted by Crippen LogP contribution is -2.22. The van der Waals surface area contributed by atoms with Crippen LogP contribution < -0.4 is 5.32 Å². The van der Waals surface area contributed by atoms with E-state index in [2.05, 4.69) is 5.32 Å². The highest BCUT2D eigenvalue weighted by atomic mass is 19.1. The van der Waals surface area contributed by atoms with E-state index < -0.39 is 28.3 Å². The Balaban J connectivity index is 2.97. The number of benzene rings is 1. The molecule has 0 aromatic heterocycles. The summed E-state index contributed by atoms with van der Waals surface area (Å²) in [5, 5.41) is 22.4. The maximum absolute atomic E-state index is 13.3. The molecule has 1 aromatic rings. The van der Waals surface area contributed by atoms with Gasteiger partial charge in [0.2, 0.25) is 0 Å². The van der Waals surface area contributed by atoms with Gasteiger partial charge in [-0.15, -0.1) is 0 Å². The predicted molar refractivity (Wildman–Crippen MR) is 67.7 cm³/mol. The van der Waals surface area contributed by atoms with Gasteiger partial charge in [0.1, 0.15) is 11.5 Å². The molecule has 1 rings (SSSR count). The lowest BCUT2D eigenvalue weighted by molar-refractivity contribution is -0.384. The molecule has 1 aromatic carbocycles. The van der Waals surface area contributed by atoms with Crippen molar-refractivity contribution < 1.29 is 19.2 Å². The summed E-state index contributed by atoms with van der Waals surface area (Å²) >= 11 is 0. The number of nitrogens with zero attached hydrogens (tertiary/aromatic N) is 1. The van der Waals surface area contributed by atoms with Crippen molar-refractivity contribution in [3.05, 3.63) is 33.6 Å². The maximum atomic E-state index is 13.3. The first-order chi connectivity index (χ1) is 8.86. The van der Waals surface area contributed by atoms with Gasteiger partial charge in [-0.3, -0.25) is 14.9 Å². The van der Waals surface area contributed by atoms with Crippen LogP contribution in [0.3, 0.4) is 0 Å². The number of carboxylic acids is 1. The number of aryl methyl sites for hydroxylation is 1. The Morgan fingerprint density at radius 1 is 1.58 bits per heavy atom. The van der Waals surface area contributed by atoms with Gasteiger partial charge in [-0.1, -0.05) is 6.92 Å². The van der Waals surface area contributed by atoms with E-state index in [9.17, 15) is 19.3 Å². The van der Waals surface area contributed by atoms with Crippen LogP contribution in [0.4, 0.5) is 15.8 Å². The zero-order valence-electron chi connectivity index (χ0n) is 10.6. The van der Waals surface area contributed by atoms with Gasteiger partial charge in [0.05, 0.1) is 16.9 Å². The molecular formula is C12H15FN2O4. The number of nitrogens with one attached hydrogen (secondary N) is 1. The minimum absolute atomic E-state index is 0.0533. The number of carboxylic acid groups (broad SMARTS) is 1. The van der Waals surface area contributed by atoms with Gasteiger partial charge in [-0.2, -0.15) is 0 Å². The lowest BCUT2D eigenvalue weighted by atomic mass is 10.1. The Kier molecular flexibility index (Phi) is 4.80. The van der Waals surface area contributed by atoms with Crippen LogP contribution in [0.5, 0.6) is 0 Å². The van der Waals surface area contributed by atoms with Crippen molar-refractivity contribution in [1.29, 1.82) is 0 Å². The third kappa shape index (κ3) is 3.64. The molecule has 7 heteroatoms. The predicted octanol–water partition coefficient (Wildman–Crippen LogP) is 2.57. The van der Waals surface area contributed by atoms with E-state index in [1.807, 2.05) is 0 Å². The van der Waals surface area contributed by atoms with E-state index in [1.54, 1.807) is 6.92 Å². The Labute approximate surface area is 109 Å². The molecule has 1 atom stereocenters. The Hall–Kier alpha value is -2.18. The van der Waals surface area contributed by atoms with Gasteiger partial charge in [-0.05, 0) is 25.0 Å². The van der Waals surface area contributed by atoms with E-state index in [-0.39, 0.29) is 17.8 Å². The standard InChI is InChI=1S/C12H15FN2O4/c1-3-8(12(16)17)6-14-10-4-7(2)9(13)5-11(10)15(18)19/h4-5,8,14H,3,6H2,1-2H3,(H,16,17). The highest BCUT2D eigenvalue weighted by Crippen LogP contribution is 2.27. The summed E-state index contributed by atoms with van der Waals surface area (Å²) in [7, 11) is 0. The van der Waals surface area contributed by atoms with Gasteiger partial charge in [0.15, 0.2) is 0 Å². The number of nitro groups is 1. The average molecular weight is 270 g/mol. The topological polar surface area (TPSA) is 92.5 Å². The summed E-state index contributed by atoms with van der Waals surface area (Å²) in [6.07, 6.45) is 0.399. The zero-order valence-corrected chi connectivity index (χ0v) is 10.6. The van der Waals surface area contributed by atoms with Crippen molar-refractivity contribution in [1.82, 2.24) is 0 Å². The normalized spacial score (nSPS) is 11.9. The van der Waals surface area contributed by atoms with Crippen molar-refractivity contribution in [2.24, 2.45) is 5.92 Å². The SMILES string of the molecule is CCC(CNc1cc(C)c(F)cc1[N+](=O)[O-])C(=O)O. The van der Waals surface area contributed by atoms with Crippen molar-refractivity contribution in [2.75, 3.05) is 11.9 Å². The number of rotatable bonds is 6. The average Bonchev–Trinajstić information content (AvgIpc) is 2.33. The van der Waals surface area contributed by atoms with E-state index in [0.717, 1.165) is 6.07 Å². The monoisotopic (exact) mass is 270 g/mol. The van der Waals surface area contributed by atoms with Crippen molar-refractivity contribution in [2.45, 2.75) is 20.3 Å². The van der Waals surface area contributed by atoms with Gasteiger partial charge >= 0.3 is 5.97 Å². The third-order valence-corrected chi connectivity index (χ3v) is 2.85. The molecule has 6 nitrogen and oxygen atoms in total. The summed E-state index contributed by atoms with van der Waals surface area (Å²) in [6.45, 7) is 3.25. The van der Waals surface area contributed by atoms with Crippen molar-refractivity contribution >= 4 is 17.3 Å². The van der Waals surface area contributed by atoms with E-state index in [1.165, 1.54) is 13.0 Å². The Bertz CT molecular complexity index is 505. The van der Waals surface area contributed by atoms with Gasteiger partial charge in [-0.25, -0.2) is 4.39 Å². The number of aliphatic carboxylic acids is 1. The summed E-state index contributed by atoms with van der Waals surface area (Å²) in [6, 6.07) is 2.14. The smallest absolute Gasteiger partial charge is 0.308 e. The second-order valence-electron chi connectivity index (χ2n) is 4.20. The fourth-order valence-corrected chi connectivity index (χ4v) is 1.60. The lowest BCUT2D eigenvalue weighted by Gasteiger charge is -2.13. The van der Waals surface area contributed by atoms with Crippen LogP contribution in [0.1, 0.15) is 18.9 Å². The minimum atomic E-state index is -0.975. The number of hydrogen-bond acceptors (Lipinski definition) is 4. The molecule has 0 heterocycles. The van der Waals surface area contributed by atoms with Crippen LogP contribution in [-0.2, 0) is 4.79 Å². The van der Waals surface area contributed by atoms with Crippen LogP contribution in [-0.4, -0.2) is 22.5 Å². The molecule has 1 unspecified atom stereocenters. The molecule has 0 aliphatic heterocycles. The van der Waals surface area contributed by atoms with Gasteiger partial charge in [0.25, 0.3) is 5.69 Å². The molecule has 0 amide bonds. The van der Waals surface area contributed by atoms with Crippen LogP contribution in [0, 0.1) is 28.8 Å². The van der Waals surface area contributed by atoms with Crippen molar-refractivity contribution in [3.63, 3.8) is 0 Å². The largest absolute Gasteiger partial charge is 0.481 e. The van der Waals surface area contributed by atoms with E-state index in [4.69, 9.17) is 5.11 Å². The molecular weight excluding hydrogens is 255 g/mol. The fourth-order valence-electron chi connectivity index (χ4n) is 1.60. The first-order valence-corrected chi connectivity index (χ1v) is 5.78. The number of nitro benzene ring substituents is 1. The summed E-state index contributed by atoms with van der Waals surface area (Å²) in [4.78, 5) is 21.0. The molecule has 0 fully saturated rings. The molecule has 0 radical (unpaired) electrons. The second kappa shape index (κ2) is 6.12. The van der Waals surface area contributed by atoms with Crippen molar-refractivity contribution in [3.8, 4) is 0 Å². The van der Waals surface area contributed by atoms with Crippen LogP contribution >= 0.6 is 0 Å². The van der Waals surface area contributed by atoms with Crippen LogP contribution in [0.25, 0.3) is 0 Å². The molecule has 0 saturated heterocycles. The molecule has 0 spiro atoms. The number of halogens is 1. The number of hydrogen-bond donors (Lipinski definition) is 2. The van der Waals surface area contributed by atoms with Crippen LogP contribution in [0.15, 0.2) is 12.1 Å². The molecule has 0 saturated carbocycles. The summed E-state index contributed by atoms with van der Waals surface area (Å²) < 4.78 is 13.3. The second-order valence-corrected chi connectivity index (χ2v) is 4.20. The van der Waals surface area contributed by atoms with E-state index >= 15 is 0 Å². The summed E-state index contributed by atoms with van der Waals surface area (Å²) in [5.74, 6) is -2.29. The zero-order chi connectivity index (χ0) is 14.6. The third-order valence-electron chi connectivity index (χ3n) is 2.85. The first kappa shape index (κ1) is 14.9. The number of carbonyl (C=O) groups is 1. The molecule has 0 aliphatic rings. The highest BCUT2D eigenvalue weighted by molar-refractivity contribution is 5.71. The molecule has 2 N–H and O–H groups in total. The Morgan fingerprint density at radius 3 is 2.68 bits per heavy atom. The molecule has 104 valence electrons. The molecule has 0 aliphatic carbocycles. The highest BCUT2D eigenvalue weighted by Gasteiger charge is 2.20. The minimum Gasteiger partial charge on any atom is -0.481 e. The molecule has 19 heavy (non-hydrogen) atoms.